The molecule has 0 spiro atoms. The van der Waals surface area contributed by atoms with Crippen molar-refractivity contribution in [2.45, 2.75) is 63.7 Å². The highest BCUT2D eigenvalue weighted by molar-refractivity contribution is 7.91. The molecule has 114 valence electrons. The number of rotatable bonds is 4. The lowest BCUT2D eigenvalue weighted by Crippen LogP contribution is -2.37. The molecule has 2 aliphatic carbocycles. The number of hydrogen-bond acceptors (Lipinski definition) is 3. The summed E-state index contributed by atoms with van der Waals surface area (Å²) in [5, 5.41) is 3.54. The standard InChI is InChI=1S/C16H27NO2S/c1-12(2)15-6-4-5-7-16(15)17-13-8-10-14(11-9-13)20(3,18)19/h6-7,12-14,17H,4-5,8-11H2,1-3H3. The van der Waals surface area contributed by atoms with Gasteiger partial charge in [0.1, 0.15) is 9.84 Å². The van der Waals surface area contributed by atoms with Crippen LogP contribution in [-0.4, -0.2) is 26.0 Å². The summed E-state index contributed by atoms with van der Waals surface area (Å²) < 4.78 is 23.2. The van der Waals surface area contributed by atoms with Gasteiger partial charge in [-0.2, -0.15) is 0 Å². The van der Waals surface area contributed by atoms with E-state index < -0.39 is 9.84 Å². The molecule has 0 aromatic rings. The molecule has 2 rings (SSSR count). The molecular formula is C16H27NO2S. The van der Waals surface area contributed by atoms with Crippen molar-refractivity contribution >= 4 is 9.84 Å². The summed E-state index contributed by atoms with van der Waals surface area (Å²) in [6, 6.07) is 0.430. The van der Waals surface area contributed by atoms with Gasteiger partial charge >= 0.3 is 0 Å². The lowest BCUT2D eigenvalue weighted by atomic mass is 9.90. The maximum atomic E-state index is 11.6. The van der Waals surface area contributed by atoms with Crippen LogP contribution in [0.4, 0.5) is 0 Å². The minimum atomic E-state index is -2.86. The molecular weight excluding hydrogens is 270 g/mol. The molecule has 0 aromatic heterocycles. The third-order valence-corrected chi connectivity index (χ3v) is 6.13. The van der Waals surface area contributed by atoms with Gasteiger partial charge in [-0.1, -0.05) is 26.0 Å². The van der Waals surface area contributed by atoms with Gasteiger partial charge in [0, 0.05) is 18.0 Å². The van der Waals surface area contributed by atoms with Gasteiger partial charge in [-0.25, -0.2) is 8.42 Å². The molecule has 0 aliphatic heterocycles. The van der Waals surface area contributed by atoms with E-state index >= 15 is 0 Å². The maximum Gasteiger partial charge on any atom is 0.150 e. The Hall–Kier alpha value is -0.770. The Kier molecular flexibility index (Phi) is 4.95. The quantitative estimate of drug-likeness (QED) is 0.867. The van der Waals surface area contributed by atoms with Crippen molar-refractivity contribution in [1.82, 2.24) is 5.32 Å². The molecule has 3 nitrogen and oxygen atoms in total. The molecule has 20 heavy (non-hydrogen) atoms. The zero-order chi connectivity index (χ0) is 14.8. The summed E-state index contributed by atoms with van der Waals surface area (Å²) in [5.41, 5.74) is 2.70. The van der Waals surface area contributed by atoms with Crippen molar-refractivity contribution in [3.63, 3.8) is 0 Å². The van der Waals surface area contributed by atoms with Crippen molar-refractivity contribution < 1.29 is 8.42 Å². The first kappa shape index (κ1) is 15.6. The van der Waals surface area contributed by atoms with Crippen LogP contribution >= 0.6 is 0 Å². The molecule has 1 fully saturated rings. The van der Waals surface area contributed by atoms with Crippen LogP contribution in [-0.2, 0) is 9.84 Å². The van der Waals surface area contributed by atoms with E-state index in [2.05, 4.69) is 31.3 Å². The first-order valence-corrected chi connectivity index (χ1v) is 9.69. The zero-order valence-corrected chi connectivity index (χ0v) is 13.7. The Labute approximate surface area is 123 Å². The van der Waals surface area contributed by atoms with E-state index in [1.165, 1.54) is 17.5 Å². The highest BCUT2D eigenvalue weighted by Gasteiger charge is 2.28. The number of nitrogens with one attached hydrogen (secondary N) is 1. The lowest BCUT2D eigenvalue weighted by molar-refractivity contribution is 0.393. The summed E-state index contributed by atoms with van der Waals surface area (Å²) in [7, 11) is -2.86. The molecule has 0 heterocycles. The van der Waals surface area contributed by atoms with E-state index in [0.717, 1.165) is 38.5 Å². The smallest absolute Gasteiger partial charge is 0.150 e. The summed E-state index contributed by atoms with van der Waals surface area (Å²) in [5.74, 6) is 0.543. The van der Waals surface area contributed by atoms with Crippen molar-refractivity contribution in [2.24, 2.45) is 5.92 Å². The second-order valence-corrected chi connectivity index (χ2v) is 8.78. The molecule has 0 amide bonds. The van der Waals surface area contributed by atoms with Crippen molar-refractivity contribution in [1.29, 1.82) is 0 Å². The van der Waals surface area contributed by atoms with Crippen LogP contribution in [0.15, 0.2) is 23.4 Å². The van der Waals surface area contributed by atoms with Crippen LogP contribution in [0.5, 0.6) is 0 Å². The van der Waals surface area contributed by atoms with E-state index in [4.69, 9.17) is 0 Å². The van der Waals surface area contributed by atoms with E-state index in [0.29, 0.717) is 12.0 Å². The maximum absolute atomic E-state index is 11.6. The predicted molar refractivity (Wildman–Crippen MR) is 84.3 cm³/mol. The molecule has 0 unspecified atom stereocenters. The first-order chi connectivity index (χ1) is 9.38. The summed E-state index contributed by atoms with van der Waals surface area (Å²) in [6.45, 7) is 4.46. The second kappa shape index (κ2) is 6.33. The van der Waals surface area contributed by atoms with Gasteiger partial charge in [0.15, 0.2) is 0 Å². The fourth-order valence-electron chi connectivity index (χ4n) is 3.24. The van der Waals surface area contributed by atoms with E-state index in [1.54, 1.807) is 0 Å². The van der Waals surface area contributed by atoms with Gasteiger partial charge < -0.3 is 5.32 Å². The normalized spacial score (nSPS) is 28.0. The minimum Gasteiger partial charge on any atom is -0.382 e. The lowest BCUT2D eigenvalue weighted by Gasteiger charge is -2.31. The van der Waals surface area contributed by atoms with Crippen LogP contribution < -0.4 is 5.32 Å². The van der Waals surface area contributed by atoms with Gasteiger partial charge in [-0.05, 0) is 50.0 Å². The van der Waals surface area contributed by atoms with Gasteiger partial charge in [-0.3, -0.25) is 0 Å². The monoisotopic (exact) mass is 297 g/mol. The average Bonchev–Trinajstić information content (AvgIpc) is 2.38. The highest BCUT2D eigenvalue weighted by atomic mass is 32.2. The van der Waals surface area contributed by atoms with Gasteiger partial charge in [0.05, 0.1) is 5.25 Å². The van der Waals surface area contributed by atoms with Crippen LogP contribution in [0, 0.1) is 5.92 Å². The molecule has 2 aliphatic rings. The Bertz CT molecular complexity index is 495. The Balaban J connectivity index is 1.93. The van der Waals surface area contributed by atoms with Gasteiger partial charge in [-0.15, -0.1) is 0 Å². The largest absolute Gasteiger partial charge is 0.382 e. The van der Waals surface area contributed by atoms with E-state index in [-0.39, 0.29) is 5.25 Å². The third-order valence-electron chi connectivity index (χ3n) is 4.45. The highest BCUT2D eigenvalue weighted by Crippen LogP contribution is 2.28. The van der Waals surface area contributed by atoms with Gasteiger partial charge in [0.2, 0.25) is 0 Å². The topological polar surface area (TPSA) is 46.2 Å². The zero-order valence-electron chi connectivity index (χ0n) is 12.9. The molecule has 0 aromatic carbocycles. The number of hydrogen-bond donors (Lipinski definition) is 1. The van der Waals surface area contributed by atoms with Crippen LogP contribution in [0.2, 0.25) is 0 Å². The fourth-order valence-corrected chi connectivity index (χ4v) is 4.37. The first-order valence-electron chi connectivity index (χ1n) is 7.74. The molecule has 0 atom stereocenters. The molecule has 0 saturated heterocycles. The summed E-state index contributed by atoms with van der Waals surface area (Å²) >= 11 is 0. The Morgan fingerprint density at radius 3 is 2.25 bits per heavy atom. The van der Waals surface area contributed by atoms with E-state index in [9.17, 15) is 8.42 Å². The number of allylic oxidation sites excluding steroid dienone is 3. The van der Waals surface area contributed by atoms with Crippen LogP contribution in [0.1, 0.15) is 52.4 Å². The SMILES string of the molecule is CC(C)C1=CCCC=C1NC1CCC(S(C)(=O)=O)CC1. The summed E-state index contributed by atoms with van der Waals surface area (Å²) in [6.07, 6.45) is 11.8. The number of sulfone groups is 1. The Morgan fingerprint density at radius 2 is 1.70 bits per heavy atom. The second-order valence-electron chi connectivity index (χ2n) is 6.46. The minimum absolute atomic E-state index is 0.124. The molecule has 0 radical (unpaired) electrons. The molecule has 0 bridgehead atoms. The third kappa shape index (κ3) is 3.87. The van der Waals surface area contributed by atoms with Crippen molar-refractivity contribution in [3.05, 3.63) is 23.4 Å². The van der Waals surface area contributed by atoms with Crippen molar-refractivity contribution in [2.75, 3.05) is 6.26 Å². The van der Waals surface area contributed by atoms with Crippen LogP contribution in [0.3, 0.4) is 0 Å². The predicted octanol–water partition coefficient (Wildman–Crippen LogP) is 3.19. The Morgan fingerprint density at radius 1 is 1.10 bits per heavy atom. The van der Waals surface area contributed by atoms with Crippen LogP contribution in [0.25, 0.3) is 0 Å². The van der Waals surface area contributed by atoms with E-state index in [1.807, 2.05) is 0 Å². The molecule has 1 saturated carbocycles. The van der Waals surface area contributed by atoms with Crippen molar-refractivity contribution in [3.8, 4) is 0 Å². The summed E-state index contributed by atoms with van der Waals surface area (Å²) in [4.78, 5) is 0. The molecule has 4 heteroatoms. The molecule has 1 N–H and O–H groups in total. The van der Waals surface area contributed by atoms with Gasteiger partial charge in [0.25, 0.3) is 0 Å². The fraction of sp³-hybridized carbons (Fsp3) is 0.750. The average molecular weight is 297 g/mol.